The number of carbonyl (C=O) groups is 1. The maximum absolute atomic E-state index is 10.9. The fourth-order valence-electron chi connectivity index (χ4n) is 2.03. The molecular formula is C10H12Cl2N4O2. The Morgan fingerprint density at radius 3 is 2.78 bits per heavy atom. The Kier molecular flexibility index (Phi) is 3.77. The first-order chi connectivity index (χ1) is 8.49. The molecule has 6 nitrogen and oxygen atoms in total. The fourth-order valence-corrected chi connectivity index (χ4v) is 2.38. The molecule has 1 N–H and O–H groups in total. The standard InChI is InChI=1S/C10H12Cl2N4O2/c1-6-5-15(10(17)18)2-3-16(6)7-4-8(11)13-14-9(7)12/h4,6H,2-3,5H2,1H3,(H,17,18). The summed E-state index contributed by atoms with van der Waals surface area (Å²) in [4.78, 5) is 14.3. The maximum Gasteiger partial charge on any atom is 0.407 e. The summed E-state index contributed by atoms with van der Waals surface area (Å²) in [5.41, 5.74) is 0.689. The Morgan fingerprint density at radius 2 is 2.17 bits per heavy atom. The van der Waals surface area contributed by atoms with Crippen molar-refractivity contribution in [2.75, 3.05) is 24.5 Å². The van der Waals surface area contributed by atoms with Crippen LogP contribution in [0.5, 0.6) is 0 Å². The van der Waals surface area contributed by atoms with Gasteiger partial charge in [0.1, 0.15) is 0 Å². The quantitative estimate of drug-likeness (QED) is 0.856. The molecule has 18 heavy (non-hydrogen) atoms. The highest BCUT2D eigenvalue weighted by Gasteiger charge is 2.28. The van der Waals surface area contributed by atoms with Crippen LogP contribution in [0.3, 0.4) is 0 Å². The SMILES string of the molecule is CC1CN(C(=O)O)CCN1c1cc(Cl)nnc1Cl. The van der Waals surface area contributed by atoms with Crippen LogP contribution in [-0.2, 0) is 0 Å². The Balaban J connectivity index is 2.20. The molecule has 0 spiro atoms. The molecule has 1 saturated heterocycles. The van der Waals surface area contributed by atoms with Crippen LogP contribution in [0.1, 0.15) is 6.92 Å². The molecule has 2 rings (SSSR count). The van der Waals surface area contributed by atoms with Gasteiger partial charge in [0.25, 0.3) is 0 Å². The van der Waals surface area contributed by atoms with Crippen molar-refractivity contribution in [2.24, 2.45) is 0 Å². The van der Waals surface area contributed by atoms with Gasteiger partial charge in [-0.1, -0.05) is 23.2 Å². The summed E-state index contributed by atoms with van der Waals surface area (Å²) in [7, 11) is 0. The highest BCUT2D eigenvalue weighted by atomic mass is 35.5. The van der Waals surface area contributed by atoms with Crippen molar-refractivity contribution in [1.29, 1.82) is 0 Å². The molecule has 98 valence electrons. The number of hydrogen-bond acceptors (Lipinski definition) is 4. The summed E-state index contributed by atoms with van der Waals surface area (Å²) in [6.45, 7) is 3.33. The maximum atomic E-state index is 10.9. The molecule has 0 bridgehead atoms. The molecule has 1 fully saturated rings. The van der Waals surface area contributed by atoms with E-state index in [0.29, 0.717) is 25.3 Å². The van der Waals surface area contributed by atoms with Gasteiger partial charge in [-0.3, -0.25) is 0 Å². The van der Waals surface area contributed by atoms with Gasteiger partial charge in [0.15, 0.2) is 10.3 Å². The van der Waals surface area contributed by atoms with E-state index < -0.39 is 6.09 Å². The molecule has 1 aromatic heterocycles. The third-order valence-electron chi connectivity index (χ3n) is 2.91. The van der Waals surface area contributed by atoms with E-state index in [2.05, 4.69) is 10.2 Å². The highest BCUT2D eigenvalue weighted by Crippen LogP contribution is 2.28. The molecule has 8 heteroatoms. The number of carboxylic acid groups (broad SMARTS) is 1. The Labute approximate surface area is 114 Å². The topological polar surface area (TPSA) is 69.6 Å². The predicted octanol–water partition coefficient (Wildman–Crippen LogP) is 1.97. The Hall–Kier alpha value is -1.27. The van der Waals surface area contributed by atoms with Gasteiger partial charge in [0, 0.05) is 31.7 Å². The molecule has 1 atom stereocenters. The first kappa shape index (κ1) is 13.2. The van der Waals surface area contributed by atoms with Gasteiger partial charge in [-0.05, 0) is 6.92 Å². The minimum absolute atomic E-state index is 0.00705. The normalized spacial score (nSPS) is 20.1. The molecule has 0 radical (unpaired) electrons. The van der Waals surface area contributed by atoms with Gasteiger partial charge in [-0.2, -0.15) is 0 Å². The molecule has 0 aliphatic carbocycles. The highest BCUT2D eigenvalue weighted by molar-refractivity contribution is 6.33. The first-order valence-corrected chi connectivity index (χ1v) is 6.18. The predicted molar refractivity (Wildman–Crippen MR) is 68.5 cm³/mol. The lowest BCUT2D eigenvalue weighted by molar-refractivity contribution is 0.136. The molecule has 1 aromatic rings. The van der Waals surface area contributed by atoms with Crippen molar-refractivity contribution in [3.8, 4) is 0 Å². The van der Waals surface area contributed by atoms with Gasteiger partial charge in [-0.25, -0.2) is 4.79 Å². The number of piperazine rings is 1. The average Bonchev–Trinajstić information content (AvgIpc) is 2.32. The van der Waals surface area contributed by atoms with E-state index >= 15 is 0 Å². The summed E-state index contributed by atoms with van der Waals surface area (Å²) in [6.07, 6.45) is -0.904. The molecule has 1 amide bonds. The van der Waals surface area contributed by atoms with Crippen LogP contribution in [-0.4, -0.2) is 52.0 Å². The smallest absolute Gasteiger partial charge is 0.407 e. The molecule has 1 aliphatic rings. The van der Waals surface area contributed by atoms with Crippen molar-refractivity contribution < 1.29 is 9.90 Å². The van der Waals surface area contributed by atoms with E-state index in [1.54, 1.807) is 6.07 Å². The lowest BCUT2D eigenvalue weighted by Crippen LogP contribution is -2.53. The van der Waals surface area contributed by atoms with Crippen molar-refractivity contribution in [1.82, 2.24) is 15.1 Å². The number of hydrogen-bond donors (Lipinski definition) is 1. The summed E-state index contributed by atoms with van der Waals surface area (Å²) >= 11 is 11.8. The van der Waals surface area contributed by atoms with Crippen LogP contribution >= 0.6 is 23.2 Å². The van der Waals surface area contributed by atoms with Gasteiger partial charge in [0.05, 0.1) is 5.69 Å². The van der Waals surface area contributed by atoms with Crippen LogP contribution in [0, 0.1) is 0 Å². The molecule has 0 saturated carbocycles. The molecule has 0 aromatic carbocycles. The molecular weight excluding hydrogens is 279 g/mol. The van der Waals surface area contributed by atoms with Crippen LogP contribution in [0.4, 0.5) is 10.5 Å². The third kappa shape index (κ3) is 2.59. The Bertz CT molecular complexity index is 471. The van der Waals surface area contributed by atoms with E-state index in [1.807, 2.05) is 11.8 Å². The summed E-state index contributed by atoms with van der Waals surface area (Å²) in [6, 6.07) is 1.65. The van der Waals surface area contributed by atoms with Gasteiger partial charge in [0.2, 0.25) is 0 Å². The lowest BCUT2D eigenvalue weighted by atomic mass is 10.2. The molecule has 2 heterocycles. The van der Waals surface area contributed by atoms with Crippen LogP contribution in [0.15, 0.2) is 6.07 Å². The minimum Gasteiger partial charge on any atom is -0.465 e. The summed E-state index contributed by atoms with van der Waals surface area (Å²) in [5, 5.41) is 16.9. The Morgan fingerprint density at radius 1 is 1.44 bits per heavy atom. The largest absolute Gasteiger partial charge is 0.465 e. The number of nitrogens with zero attached hydrogens (tertiary/aromatic N) is 4. The number of anilines is 1. The van der Waals surface area contributed by atoms with E-state index in [0.717, 1.165) is 0 Å². The number of amides is 1. The number of rotatable bonds is 1. The van der Waals surface area contributed by atoms with Gasteiger partial charge >= 0.3 is 6.09 Å². The van der Waals surface area contributed by atoms with E-state index in [-0.39, 0.29) is 16.3 Å². The second-order valence-corrected chi connectivity index (χ2v) is 4.86. The van der Waals surface area contributed by atoms with Crippen LogP contribution in [0.25, 0.3) is 0 Å². The minimum atomic E-state index is -0.904. The van der Waals surface area contributed by atoms with Crippen molar-refractivity contribution >= 4 is 35.0 Å². The van der Waals surface area contributed by atoms with E-state index in [9.17, 15) is 4.79 Å². The van der Waals surface area contributed by atoms with Crippen molar-refractivity contribution in [3.63, 3.8) is 0 Å². The number of halogens is 2. The fraction of sp³-hybridized carbons (Fsp3) is 0.500. The molecule has 1 unspecified atom stereocenters. The molecule has 1 aliphatic heterocycles. The lowest BCUT2D eigenvalue weighted by Gasteiger charge is -2.40. The third-order valence-corrected chi connectivity index (χ3v) is 3.36. The van der Waals surface area contributed by atoms with Crippen LogP contribution in [0.2, 0.25) is 10.3 Å². The first-order valence-electron chi connectivity index (χ1n) is 5.42. The monoisotopic (exact) mass is 290 g/mol. The summed E-state index contributed by atoms with van der Waals surface area (Å²) < 4.78 is 0. The van der Waals surface area contributed by atoms with Crippen molar-refractivity contribution in [2.45, 2.75) is 13.0 Å². The van der Waals surface area contributed by atoms with Gasteiger partial charge in [-0.15, -0.1) is 10.2 Å². The zero-order chi connectivity index (χ0) is 13.3. The van der Waals surface area contributed by atoms with E-state index in [1.165, 1.54) is 4.90 Å². The zero-order valence-electron chi connectivity index (χ0n) is 9.68. The second kappa shape index (κ2) is 5.16. The zero-order valence-corrected chi connectivity index (χ0v) is 11.2. The van der Waals surface area contributed by atoms with Crippen molar-refractivity contribution in [3.05, 3.63) is 16.4 Å². The summed E-state index contributed by atoms with van der Waals surface area (Å²) in [5.74, 6) is 0. The van der Waals surface area contributed by atoms with Gasteiger partial charge < -0.3 is 14.9 Å². The van der Waals surface area contributed by atoms with E-state index in [4.69, 9.17) is 28.3 Å². The van der Waals surface area contributed by atoms with Crippen LogP contribution < -0.4 is 4.90 Å². The number of aromatic nitrogens is 2. The second-order valence-electron chi connectivity index (χ2n) is 4.11. The average molecular weight is 291 g/mol.